The minimum Gasteiger partial charge on any atom is -0.370 e. The molecule has 0 bridgehead atoms. The molecule has 1 aromatic carbocycles. The predicted octanol–water partition coefficient (Wildman–Crippen LogP) is 4.73. The van der Waals surface area contributed by atoms with E-state index >= 15 is 0 Å². The van der Waals surface area contributed by atoms with E-state index in [1.807, 2.05) is 6.92 Å². The zero-order valence-electron chi connectivity index (χ0n) is 11.1. The molecule has 0 unspecified atom stereocenters. The topological polar surface area (TPSA) is 54.0 Å². The summed E-state index contributed by atoms with van der Waals surface area (Å²) in [5.41, 5.74) is 0.724. The van der Waals surface area contributed by atoms with Gasteiger partial charge in [0, 0.05) is 17.8 Å². The van der Waals surface area contributed by atoms with Crippen molar-refractivity contribution in [1.82, 2.24) is 4.98 Å². The number of anilines is 2. The Morgan fingerprint density at radius 1 is 1.19 bits per heavy atom. The molecule has 110 valence electrons. The van der Waals surface area contributed by atoms with Crippen molar-refractivity contribution in [2.45, 2.75) is 6.92 Å². The summed E-state index contributed by atoms with van der Waals surface area (Å²) in [5, 5.41) is 6.65. The molecule has 2 N–H and O–H groups in total. The van der Waals surface area contributed by atoms with Gasteiger partial charge in [-0.05, 0) is 31.2 Å². The van der Waals surface area contributed by atoms with Gasteiger partial charge in [-0.2, -0.15) is 0 Å². The number of nitrogens with one attached hydrogen (secondary N) is 2. The van der Waals surface area contributed by atoms with Crippen LogP contribution in [-0.2, 0) is 0 Å². The van der Waals surface area contributed by atoms with E-state index in [1.165, 1.54) is 18.3 Å². The highest BCUT2D eigenvalue weighted by Crippen LogP contribution is 2.33. The Morgan fingerprint density at radius 3 is 2.38 bits per heavy atom. The Balaban J connectivity index is 2.18. The van der Waals surface area contributed by atoms with Crippen LogP contribution in [0.3, 0.4) is 0 Å². The molecule has 1 aromatic heterocycles. The third kappa shape index (κ3) is 4.00. The zero-order valence-corrected chi connectivity index (χ0v) is 13.4. The maximum atomic E-state index is 12.2. The Kier molecular flexibility index (Phi) is 5.28. The first kappa shape index (κ1) is 15.9. The van der Waals surface area contributed by atoms with Gasteiger partial charge in [0.25, 0.3) is 5.91 Å². The molecule has 0 aliphatic heterocycles. The summed E-state index contributed by atoms with van der Waals surface area (Å²) < 4.78 is 0. The lowest BCUT2D eigenvalue weighted by Gasteiger charge is -2.10. The predicted molar refractivity (Wildman–Crippen MR) is 87.8 cm³/mol. The van der Waals surface area contributed by atoms with Gasteiger partial charge in [-0.25, -0.2) is 4.98 Å². The smallest absolute Gasteiger partial charge is 0.257 e. The minimum atomic E-state index is -0.350. The lowest BCUT2D eigenvalue weighted by Crippen LogP contribution is -2.13. The largest absolute Gasteiger partial charge is 0.370 e. The summed E-state index contributed by atoms with van der Waals surface area (Å²) in [5.74, 6) is 0.355. The molecule has 0 fully saturated rings. The van der Waals surface area contributed by atoms with E-state index in [9.17, 15) is 4.79 Å². The molecule has 1 amide bonds. The van der Waals surface area contributed by atoms with Crippen LogP contribution < -0.4 is 10.6 Å². The van der Waals surface area contributed by atoms with Gasteiger partial charge in [0.15, 0.2) is 0 Å². The number of aromatic nitrogens is 1. The molecule has 0 spiro atoms. The first-order chi connectivity index (χ1) is 10.0. The fourth-order valence-electron chi connectivity index (χ4n) is 1.66. The number of amides is 1. The molecule has 1 heterocycles. The first-order valence-corrected chi connectivity index (χ1v) is 7.30. The van der Waals surface area contributed by atoms with Gasteiger partial charge in [-0.1, -0.05) is 34.8 Å². The van der Waals surface area contributed by atoms with E-state index < -0.39 is 0 Å². The third-order valence-corrected chi connectivity index (χ3v) is 3.44. The molecule has 0 aliphatic carbocycles. The van der Waals surface area contributed by atoms with Crippen LogP contribution in [0.5, 0.6) is 0 Å². The molecule has 0 atom stereocenters. The molecule has 0 aliphatic rings. The summed E-state index contributed by atoms with van der Waals surface area (Å²) in [4.78, 5) is 16.3. The second-order valence-corrected chi connectivity index (χ2v) is 5.41. The van der Waals surface area contributed by atoms with Gasteiger partial charge in [-0.15, -0.1) is 0 Å². The van der Waals surface area contributed by atoms with E-state index in [0.717, 1.165) is 6.54 Å². The van der Waals surface area contributed by atoms with Gasteiger partial charge in [-0.3, -0.25) is 4.79 Å². The van der Waals surface area contributed by atoms with Crippen molar-refractivity contribution in [3.63, 3.8) is 0 Å². The second-order valence-electron chi connectivity index (χ2n) is 4.16. The second kappa shape index (κ2) is 6.98. The molecule has 4 nitrogen and oxygen atoms in total. The Labute approximate surface area is 137 Å². The van der Waals surface area contributed by atoms with Crippen molar-refractivity contribution >= 4 is 52.2 Å². The summed E-state index contributed by atoms with van der Waals surface area (Å²) in [6, 6.07) is 6.41. The van der Waals surface area contributed by atoms with Crippen molar-refractivity contribution in [2.75, 3.05) is 17.2 Å². The molecular weight excluding hydrogens is 333 g/mol. The number of hydrogen-bond acceptors (Lipinski definition) is 3. The zero-order chi connectivity index (χ0) is 15.4. The molecule has 0 radical (unpaired) electrons. The lowest BCUT2D eigenvalue weighted by atomic mass is 10.2. The molecule has 0 saturated heterocycles. The summed E-state index contributed by atoms with van der Waals surface area (Å²) in [6.07, 6.45) is 1.48. The highest BCUT2D eigenvalue weighted by molar-refractivity contribution is 6.42. The highest BCUT2D eigenvalue weighted by atomic mass is 35.5. The number of rotatable bonds is 4. The standard InChI is InChI=1S/C14H12Cl3N3O/c1-2-18-12-4-3-8(7-19-12)14(21)20-13-10(16)5-9(15)6-11(13)17/h3-7H,2H2,1H3,(H,18,19)(H,20,21). The van der Waals surface area contributed by atoms with E-state index in [4.69, 9.17) is 34.8 Å². The van der Waals surface area contributed by atoms with Crippen LogP contribution in [0.4, 0.5) is 11.5 Å². The maximum absolute atomic E-state index is 12.2. The van der Waals surface area contributed by atoms with E-state index in [2.05, 4.69) is 15.6 Å². The van der Waals surface area contributed by atoms with E-state index in [1.54, 1.807) is 12.1 Å². The summed E-state index contributed by atoms with van der Waals surface area (Å²) in [7, 11) is 0. The van der Waals surface area contributed by atoms with Crippen molar-refractivity contribution in [3.05, 3.63) is 51.1 Å². The number of carbonyl (C=O) groups is 1. The Hall–Kier alpha value is -1.49. The summed E-state index contributed by atoms with van der Waals surface area (Å²) >= 11 is 17.9. The maximum Gasteiger partial charge on any atom is 0.257 e. The van der Waals surface area contributed by atoms with Crippen LogP contribution in [0.1, 0.15) is 17.3 Å². The van der Waals surface area contributed by atoms with Gasteiger partial charge >= 0.3 is 0 Å². The summed E-state index contributed by atoms with van der Waals surface area (Å²) in [6.45, 7) is 2.72. The van der Waals surface area contributed by atoms with Crippen LogP contribution in [-0.4, -0.2) is 17.4 Å². The number of benzene rings is 1. The van der Waals surface area contributed by atoms with Crippen molar-refractivity contribution in [3.8, 4) is 0 Å². The SMILES string of the molecule is CCNc1ccc(C(=O)Nc2c(Cl)cc(Cl)cc2Cl)cn1. The number of hydrogen-bond donors (Lipinski definition) is 2. The Bertz CT molecular complexity index is 636. The average molecular weight is 345 g/mol. The number of halogens is 3. The van der Waals surface area contributed by atoms with Crippen LogP contribution in [0.25, 0.3) is 0 Å². The van der Waals surface area contributed by atoms with Gasteiger partial charge in [0.05, 0.1) is 21.3 Å². The molecular formula is C14H12Cl3N3O. The fraction of sp³-hybridized carbons (Fsp3) is 0.143. The van der Waals surface area contributed by atoms with Gasteiger partial charge in [0.2, 0.25) is 0 Å². The Morgan fingerprint density at radius 2 is 1.86 bits per heavy atom. The van der Waals surface area contributed by atoms with Gasteiger partial charge in [0.1, 0.15) is 5.82 Å². The van der Waals surface area contributed by atoms with Crippen molar-refractivity contribution in [1.29, 1.82) is 0 Å². The van der Waals surface area contributed by atoms with Crippen LogP contribution in [0.15, 0.2) is 30.5 Å². The van der Waals surface area contributed by atoms with Crippen molar-refractivity contribution in [2.24, 2.45) is 0 Å². The normalized spacial score (nSPS) is 10.3. The molecule has 2 aromatic rings. The number of nitrogens with zero attached hydrogens (tertiary/aromatic N) is 1. The van der Waals surface area contributed by atoms with Crippen LogP contribution in [0.2, 0.25) is 15.1 Å². The molecule has 0 saturated carbocycles. The molecule has 2 rings (SSSR count). The van der Waals surface area contributed by atoms with Crippen molar-refractivity contribution < 1.29 is 4.79 Å². The minimum absolute atomic E-state index is 0.276. The van der Waals surface area contributed by atoms with E-state index in [0.29, 0.717) is 22.1 Å². The molecule has 7 heteroatoms. The van der Waals surface area contributed by atoms with Crippen LogP contribution in [0, 0.1) is 0 Å². The number of carbonyl (C=O) groups excluding carboxylic acids is 1. The lowest BCUT2D eigenvalue weighted by molar-refractivity contribution is 0.102. The fourth-order valence-corrected chi connectivity index (χ4v) is 2.57. The quantitative estimate of drug-likeness (QED) is 0.843. The monoisotopic (exact) mass is 343 g/mol. The third-order valence-electron chi connectivity index (χ3n) is 2.63. The number of pyridine rings is 1. The first-order valence-electron chi connectivity index (χ1n) is 6.17. The highest BCUT2D eigenvalue weighted by Gasteiger charge is 2.13. The van der Waals surface area contributed by atoms with E-state index in [-0.39, 0.29) is 16.0 Å². The van der Waals surface area contributed by atoms with Gasteiger partial charge < -0.3 is 10.6 Å². The van der Waals surface area contributed by atoms with Crippen LogP contribution >= 0.6 is 34.8 Å². The molecule has 21 heavy (non-hydrogen) atoms. The average Bonchev–Trinajstić information content (AvgIpc) is 2.43.